The molecule has 0 aromatic carbocycles. The number of nitrogens with zero attached hydrogens (tertiary/aromatic N) is 5. The zero-order valence-electron chi connectivity index (χ0n) is 15.0. The van der Waals surface area contributed by atoms with Gasteiger partial charge in [0.1, 0.15) is 5.82 Å². The first-order valence-electron chi connectivity index (χ1n) is 9.26. The molecule has 0 spiro atoms. The molecule has 26 heavy (non-hydrogen) atoms. The molecule has 1 saturated heterocycles. The number of anilines is 1. The molecule has 3 heterocycles. The van der Waals surface area contributed by atoms with Crippen molar-refractivity contribution < 1.29 is 9.21 Å². The SMILES string of the molecule is Cc1nnc(-c2cccnc2N2CCN(C(=O)NC3CCCC3)CC2)o1. The second-order valence-electron chi connectivity index (χ2n) is 6.91. The standard InChI is InChI=1S/C18H24N6O2/c1-13-21-22-17(26-13)15-7-4-8-19-16(15)23-9-11-24(12-10-23)18(25)20-14-5-2-3-6-14/h4,7-8,14H,2-3,5-6,9-12H2,1H3,(H,20,25). The van der Waals surface area contributed by atoms with Gasteiger partial charge in [0.25, 0.3) is 5.89 Å². The zero-order valence-corrected chi connectivity index (χ0v) is 15.0. The van der Waals surface area contributed by atoms with E-state index in [-0.39, 0.29) is 6.03 Å². The molecule has 2 aromatic heterocycles. The van der Waals surface area contributed by atoms with Crippen LogP contribution in [0.15, 0.2) is 22.7 Å². The van der Waals surface area contributed by atoms with Crippen LogP contribution in [0.1, 0.15) is 31.6 Å². The maximum absolute atomic E-state index is 12.4. The molecule has 0 unspecified atom stereocenters. The quantitative estimate of drug-likeness (QED) is 0.907. The number of piperazine rings is 1. The van der Waals surface area contributed by atoms with Crippen molar-refractivity contribution in [1.29, 1.82) is 0 Å². The average Bonchev–Trinajstić information content (AvgIpc) is 3.33. The number of carbonyl (C=O) groups excluding carboxylic acids is 1. The van der Waals surface area contributed by atoms with Crippen LogP contribution in [0.5, 0.6) is 0 Å². The van der Waals surface area contributed by atoms with Gasteiger partial charge in [-0.3, -0.25) is 0 Å². The van der Waals surface area contributed by atoms with Crippen molar-refractivity contribution >= 4 is 11.8 Å². The lowest BCUT2D eigenvalue weighted by Crippen LogP contribution is -2.53. The van der Waals surface area contributed by atoms with Crippen LogP contribution in [-0.4, -0.2) is 58.3 Å². The average molecular weight is 356 g/mol. The van der Waals surface area contributed by atoms with Crippen LogP contribution < -0.4 is 10.2 Å². The molecule has 1 N–H and O–H groups in total. The van der Waals surface area contributed by atoms with Crippen LogP contribution in [0.4, 0.5) is 10.6 Å². The van der Waals surface area contributed by atoms with Crippen molar-refractivity contribution in [3.05, 3.63) is 24.2 Å². The largest absolute Gasteiger partial charge is 0.421 e. The molecule has 1 aliphatic heterocycles. The highest BCUT2D eigenvalue weighted by Gasteiger charge is 2.26. The van der Waals surface area contributed by atoms with E-state index in [0.717, 1.165) is 37.3 Å². The van der Waals surface area contributed by atoms with Gasteiger partial charge in [-0.25, -0.2) is 9.78 Å². The van der Waals surface area contributed by atoms with Gasteiger partial charge in [0.15, 0.2) is 0 Å². The predicted molar refractivity (Wildman–Crippen MR) is 96.8 cm³/mol. The number of urea groups is 1. The number of rotatable bonds is 3. The number of carbonyl (C=O) groups is 1. The molecular formula is C18H24N6O2. The summed E-state index contributed by atoms with van der Waals surface area (Å²) in [6, 6.07) is 4.21. The number of pyridine rings is 1. The van der Waals surface area contributed by atoms with Crippen molar-refractivity contribution in [2.24, 2.45) is 0 Å². The summed E-state index contributed by atoms with van der Waals surface area (Å²) in [5.74, 6) is 1.84. The Hall–Kier alpha value is -2.64. The van der Waals surface area contributed by atoms with E-state index in [2.05, 4.69) is 25.4 Å². The lowest BCUT2D eigenvalue weighted by molar-refractivity contribution is 0.190. The summed E-state index contributed by atoms with van der Waals surface area (Å²) in [5.41, 5.74) is 0.831. The Labute approximate surface area is 152 Å². The van der Waals surface area contributed by atoms with E-state index in [1.165, 1.54) is 12.8 Å². The van der Waals surface area contributed by atoms with Gasteiger partial charge < -0.3 is 19.5 Å². The van der Waals surface area contributed by atoms with Gasteiger partial charge >= 0.3 is 6.03 Å². The fourth-order valence-electron chi connectivity index (χ4n) is 3.68. The Morgan fingerprint density at radius 3 is 2.65 bits per heavy atom. The van der Waals surface area contributed by atoms with Gasteiger partial charge in [-0.1, -0.05) is 12.8 Å². The van der Waals surface area contributed by atoms with E-state index < -0.39 is 0 Å². The second-order valence-corrected chi connectivity index (χ2v) is 6.91. The van der Waals surface area contributed by atoms with Gasteiger partial charge in [0.2, 0.25) is 5.89 Å². The highest BCUT2D eigenvalue weighted by Crippen LogP contribution is 2.28. The maximum atomic E-state index is 12.4. The molecule has 0 bridgehead atoms. The molecule has 0 atom stereocenters. The van der Waals surface area contributed by atoms with Crippen molar-refractivity contribution in [2.45, 2.75) is 38.6 Å². The maximum Gasteiger partial charge on any atom is 0.317 e. The first-order chi connectivity index (χ1) is 12.7. The van der Waals surface area contributed by atoms with E-state index in [9.17, 15) is 4.79 Å². The molecule has 0 radical (unpaired) electrons. The number of hydrogen-bond acceptors (Lipinski definition) is 6. The summed E-state index contributed by atoms with van der Waals surface area (Å²) in [4.78, 5) is 21.0. The van der Waals surface area contributed by atoms with Gasteiger partial charge in [-0.05, 0) is 25.0 Å². The molecule has 1 aliphatic carbocycles. The monoisotopic (exact) mass is 356 g/mol. The number of nitrogens with one attached hydrogen (secondary N) is 1. The minimum absolute atomic E-state index is 0.0605. The third-order valence-electron chi connectivity index (χ3n) is 5.09. The number of aromatic nitrogens is 3. The third kappa shape index (κ3) is 3.49. The van der Waals surface area contributed by atoms with Crippen LogP contribution in [0.3, 0.4) is 0 Å². The molecule has 8 nitrogen and oxygen atoms in total. The lowest BCUT2D eigenvalue weighted by atomic mass is 10.2. The Morgan fingerprint density at radius 1 is 1.19 bits per heavy atom. The number of aryl methyl sites for hydroxylation is 1. The van der Waals surface area contributed by atoms with E-state index in [4.69, 9.17) is 4.42 Å². The fraction of sp³-hybridized carbons (Fsp3) is 0.556. The van der Waals surface area contributed by atoms with Gasteiger partial charge in [-0.2, -0.15) is 0 Å². The van der Waals surface area contributed by atoms with E-state index in [1.807, 2.05) is 17.0 Å². The molecular weight excluding hydrogens is 332 g/mol. The molecule has 4 rings (SSSR count). The summed E-state index contributed by atoms with van der Waals surface area (Å²) < 4.78 is 5.57. The van der Waals surface area contributed by atoms with Crippen molar-refractivity contribution in [1.82, 2.24) is 25.4 Å². The minimum atomic E-state index is 0.0605. The van der Waals surface area contributed by atoms with Gasteiger partial charge in [-0.15, -0.1) is 10.2 Å². The molecule has 1 saturated carbocycles. The topological polar surface area (TPSA) is 87.4 Å². The highest BCUT2D eigenvalue weighted by molar-refractivity contribution is 5.75. The van der Waals surface area contributed by atoms with Crippen LogP contribution in [0, 0.1) is 6.92 Å². The Balaban J connectivity index is 1.41. The Morgan fingerprint density at radius 2 is 1.96 bits per heavy atom. The Kier molecular flexibility index (Phi) is 4.73. The first-order valence-corrected chi connectivity index (χ1v) is 9.26. The van der Waals surface area contributed by atoms with E-state index >= 15 is 0 Å². The molecule has 8 heteroatoms. The minimum Gasteiger partial charge on any atom is -0.421 e. The number of hydrogen-bond donors (Lipinski definition) is 1. The molecule has 2 fully saturated rings. The lowest BCUT2D eigenvalue weighted by Gasteiger charge is -2.36. The van der Waals surface area contributed by atoms with Crippen molar-refractivity contribution in [3.8, 4) is 11.5 Å². The van der Waals surface area contributed by atoms with Crippen LogP contribution in [0.2, 0.25) is 0 Å². The van der Waals surface area contributed by atoms with Crippen molar-refractivity contribution in [2.75, 3.05) is 31.1 Å². The first kappa shape index (κ1) is 16.8. The molecule has 2 aromatic rings. The summed E-state index contributed by atoms with van der Waals surface area (Å²) in [7, 11) is 0. The molecule has 138 valence electrons. The summed E-state index contributed by atoms with van der Waals surface area (Å²) in [5, 5.41) is 11.2. The summed E-state index contributed by atoms with van der Waals surface area (Å²) in [6.45, 7) is 4.59. The number of amides is 2. The third-order valence-corrected chi connectivity index (χ3v) is 5.09. The second kappa shape index (κ2) is 7.31. The fourth-order valence-corrected chi connectivity index (χ4v) is 3.68. The molecule has 2 amide bonds. The van der Waals surface area contributed by atoms with Crippen LogP contribution >= 0.6 is 0 Å². The summed E-state index contributed by atoms with van der Waals surface area (Å²) in [6.07, 6.45) is 6.41. The zero-order chi connectivity index (χ0) is 17.9. The molecule has 2 aliphatic rings. The van der Waals surface area contributed by atoms with Crippen LogP contribution in [-0.2, 0) is 0 Å². The van der Waals surface area contributed by atoms with E-state index in [0.29, 0.717) is 30.9 Å². The van der Waals surface area contributed by atoms with Crippen molar-refractivity contribution in [3.63, 3.8) is 0 Å². The van der Waals surface area contributed by atoms with Gasteiger partial charge in [0, 0.05) is 45.3 Å². The normalized spacial score (nSPS) is 18.3. The summed E-state index contributed by atoms with van der Waals surface area (Å²) >= 11 is 0. The van der Waals surface area contributed by atoms with Gasteiger partial charge in [0.05, 0.1) is 5.56 Å². The predicted octanol–water partition coefficient (Wildman–Crippen LogP) is 2.21. The smallest absolute Gasteiger partial charge is 0.317 e. The Bertz CT molecular complexity index is 763. The van der Waals surface area contributed by atoms with Crippen LogP contribution in [0.25, 0.3) is 11.5 Å². The highest BCUT2D eigenvalue weighted by atomic mass is 16.4. The van der Waals surface area contributed by atoms with E-state index in [1.54, 1.807) is 13.1 Å².